The number of hydrogen-bond donors (Lipinski definition) is 0. The highest BCUT2D eigenvalue weighted by Crippen LogP contribution is 2.33. The van der Waals surface area contributed by atoms with Gasteiger partial charge in [0.15, 0.2) is 0 Å². The molecule has 0 aromatic heterocycles. The molecule has 0 N–H and O–H groups in total. The Labute approximate surface area is 103 Å². The molecule has 0 spiro atoms. The molecule has 0 atom stereocenters. The largest absolute Gasteiger partial charge is 0.326 e. The molecule has 1 aliphatic rings. The van der Waals surface area contributed by atoms with Crippen molar-refractivity contribution in [3.63, 3.8) is 0 Å². The van der Waals surface area contributed by atoms with E-state index in [0.717, 1.165) is 18.8 Å². The van der Waals surface area contributed by atoms with Crippen LogP contribution in [0.1, 0.15) is 26.3 Å². The molecule has 1 saturated heterocycles. The van der Waals surface area contributed by atoms with Gasteiger partial charge in [0, 0.05) is 25.8 Å². The maximum absolute atomic E-state index is 12.0. The summed E-state index contributed by atoms with van der Waals surface area (Å²) in [6.07, 6.45) is 0. The zero-order valence-electron chi connectivity index (χ0n) is 11.0. The maximum atomic E-state index is 12.0. The molecule has 1 aliphatic heterocycles. The quantitative estimate of drug-likeness (QED) is 0.730. The third-order valence-corrected chi connectivity index (χ3v) is 3.22. The Bertz CT molecular complexity index is 434. The van der Waals surface area contributed by atoms with E-state index in [1.807, 2.05) is 30.1 Å². The van der Waals surface area contributed by atoms with Crippen LogP contribution in [0.25, 0.3) is 0 Å². The number of nitrogens with zero attached hydrogens (tertiary/aromatic N) is 2. The topological polar surface area (TPSA) is 23.6 Å². The van der Waals surface area contributed by atoms with E-state index < -0.39 is 0 Å². The number of amides is 2. The molecule has 3 heteroatoms. The summed E-state index contributed by atoms with van der Waals surface area (Å²) in [6.45, 7) is 8.11. The molecular weight excluding hydrogens is 212 g/mol. The summed E-state index contributed by atoms with van der Waals surface area (Å²) >= 11 is 0. The second kappa shape index (κ2) is 4.06. The van der Waals surface area contributed by atoms with Crippen molar-refractivity contribution in [3.05, 3.63) is 29.8 Å². The van der Waals surface area contributed by atoms with Crippen LogP contribution in [0.2, 0.25) is 0 Å². The Morgan fingerprint density at radius 2 is 1.76 bits per heavy atom. The average Bonchev–Trinajstić information content (AvgIpc) is 2.59. The Balaban J connectivity index is 2.43. The van der Waals surface area contributed by atoms with Crippen molar-refractivity contribution in [1.82, 2.24) is 4.90 Å². The predicted molar refractivity (Wildman–Crippen MR) is 70.5 cm³/mol. The zero-order valence-corrected chi connectivity index (χ0v) is 11.0. The number of carbonyl (C=O) groups excluding carboxylic acids is 1. The number of hydrogen-bond acceptors (Lipinski definition) is 1. The number of anilines is 1. The summed E-state index contributed by atoms with van der Waals surface area (Å²) in [4.78, 5) is 15.7. The molecule has 1 aromatic rings. The predicted octanol–water partition coefficient (Wildman–Crippen LogP) is 2.86. The first kappa shape index (κ1) is 12.0. The van der Waals surface area contributed by atoms with Gasteiger partial charge in [0.2, 0.25) is 0 Å². The molecule has 1 fully saturated rings. The highest BCUT2D eigenvalue weighted by molar-refractivity contribution is 5.94. The number of para-hydroxylation sites is 1. The fourth-order valence-corrected chi connectivity index (χ4v) is 2.21. The first-order valence-corrected chi connectivity index (χ1v) is 6.03. The van der Waals surface area contributed by atoms with Crippen molar-refractivity contribution in [2.24, 2.45) is 0 Å². The fraction of sp³-hybridized carbons (Fsp3) is 0.500. The lowest BCUT2D eigenvalue weighted by atomic mass is 9.85. The van der Waals surface area contributed by atoms with E-state index in [9.17, 15) is 4.79 Å². The van der Waals surface area contributed by atoms with Gasteiger partial charge in [-0.15, -0.1) is 0 Å². The number of urea groups is 1. The van der Waals surface area contributed by atoms with Gasteiger partial charge in [0.05, 0.1) is 0 Å². The molecule has 1 aromatic carbocycles. The van der Waals surface area contributed by atoms with Crippen LogP contribution in [0.4, 0.5) is 10.5 Å². The lowest BCUT2D eigenvalue weighted by Gasteiger charge is -2.27. The van der Waals surface area contributed by atoms with Crippen molar-refractivity contribution in [2.45, 2.75) is 26.2 Å². The van der Waals surface area contributed by atoms with Crippen molar-refractivity contribution < 1.29 is 4.79 Å². The summed E-state index contributed by atoms with van der Waals surface area (Å²) < 4.78 is 0. The van der Waals surface area contributed by atoms with Crippen LogP contribution in [-0.4, -0.2) is 31.1 Å². The minimum Gasteiger partial charge on any atom is -0.326 e. The summed E-state index contributed by atoms with van der Waals surface area (Å²) in [5.41, 5.74) is 2.33. The monoisotopic (exact) mass is 232 g/mol. The second-order valence-electron chi connectivity index (χ2n) is 5.62. The van der Waals surface area contributed by atoms with Gasteiger partial charge in [-0.1, -0.05) is 39.0 Å². The Hall–Kier alpha value is -1.51. The molecule has 0 radical (unpaired) electrons. The van der Waals surface area contributed by atoms with E-state index in [2.05, 4.69) is 26.8 Å². The van der Waals surface area contributed by atoms with Crippen molar-refractivity contribution in [2.75, 3.05) is 25.0 Å². The standard InChI is InChI=1S/C14H20N2O/c1-14(2,3)11-7-5-6-8-12(11)16-10-9-15(4)13(16)17/h5-8H,9-10H2,1-4H3. The molecule has 0 unspecified atom stereocenters. The molecule has 2 rings (SSSR count). The van der Waals surface area contributed by atoms with E-state index in [0.29, 0.717) is 0 Å². The lowest BCUT2D eigenvalue weighted by Crippen LogP contribution is -2.31. The maximum Gasteiger partial charge on any atom is 0.324 e. The van der Waals surface area contributed by atoms with Crippen molar-refractivity contribution in [3.8, 4) is 0 Å². The van der Waals surface area contributed by atoms with Gasteiger partial charge in [0.25, 0.3) is 0 Å². The van der Waals surface area contributed by atoms with Crippen LogP contribution in [-0.2, 0) is 5.41 Å². The Morgan fingerprint density at radius 1 is 1.12 bits per heavy atom. The molecule has 3 nitrogen and oxygen atoms in total. The normalized spacial score (nSPS) is 16.8. The van der Waals surface area contributed by atoms with Gasteiger partial charge in [-0.05, 0) is 17.0 Å². The van der Waals surface area contributed by atoms with Crippen LogP contribution in [0.15, 0.2) is 24.3 Å². The minimum absolute atomic E-state index is 0.0536. The van der Waals surface area contributed by atoms with Crippen LogP contribution >= 0.6 is 0 Å². The molecule has 92 valence electrons. The number of benzene rings is 1. The van der Waals surface area contributed by atoms with Gasteiger partial charge in [0.1, 0.15) is 0 Å². The van der Waals surface area contributed by atoms with Crippen LogP contribution in [0.3, 0.4) is 0 Å². The molecule has 0 saturated carbocycles. The molecular formula is C14H20N2O. The summed E-state index contributed by atoms with van der Waals surface area (Å²) in [5, 5.41) is 0. The Kier molecular flexibility index (Phi) is 2.86. The van der Waals surface area contributed by atoms with E-state index in [1.54, 1.807) is 4.90 Å². The molecule has 0 aliphatic carbocycles. The van der Waals surface area contributed by atoms with Gasteiger partial charge in [-0.25, -0.2) is 4.79 Å². The smallest absolute Gasteiger partial charge is 0.324 e. The van der Waals surface area contributed by atoms with E-state index >= 15 is 0 Å². The first-order valence-electron chi connectivity index (χ1n) is 6.03. The van der Waals surface area contributed by atoms with Gasteiger partial charge in [-0.3, -0.25) is 4.90 Å². The van der Waals surface area contributed by atoms with Crippen LogP contribution < -0.4 is 4.90 Å². The third-order valence-electron chi connectivity index (χ3n) is 3.22. The number of carbonyl (C=O) groups is 1. The SMILES string of the molecule is CN1CCN(c2ccccc2C(C)(C)C)C1=O. The zero-order chi connectivity index (χ0) is 12.6. The van der Waals surface area contributed by atoms with E-state index in [-0.39, 0.29) is 11.4 Å². The van der Waals surface area contributed by atoms with Crippen LogP contribution in [0, 0.1) is 0 Å². The number of rotatable bonds is 1. The highest BCUT2D eigenvalue weighted by Gasteiger charge is 2.30. The minimum atomic E-state index is 0.0536. The summed E-state index contributed by atoms with van der Waals surface area (Å²) in [5.74, 6) is 0. The first-order chi connectivity index (χ1) is 7.91. The van der Waals surface area contributed by atoms with Gasteiger partial charge < -0.3 is 4.90 Å². The number of likely N-dealkylation sites (N-methyl/N-ethyl adjacent to an activating group) is 1. The molecule has 1 heterocycles. The van der Waals surface area contributed by atoms with E-state index in [4.69, 9.17) is 0 Å². The lowest BCUT2D eigenvalue weighted by molar-refractivity contribution is 0.229. The molecule has 17 heavy (non-hydrogen) atoms. The third kappa shape index (κ3) is 2.14. The van der Waals surface area contributed by atoms with Gasteiger partial charge in [-0.2, -0.15) is 0 Å². The Morgan fingerprint density at radius 3 is 2.29 bits per heavy atom. The highest BCUT2D eigenvalue weighted by atomic mass is 16.2. The average molecular weight is 232 g/mol. The van der Waals surface area contributed by atoms with Crippen molar-refractivity contribution >= 4 is 11.7 Å². The van der Waals surface area contributed by atoms with E-state index in [1.165, 1.54) is 5.56 Å². The summed E-state index contributed by atoms with van der Waals surface area (Å²) in [6, 6.07) is 8.28. The second-order valence-corrected chi connectivity index (χ2v) is 5.62. The molecule has 2 amide bonds. The van der Waals surface area contributed by atoms with Crippen LogP contribution in [0.5, 0.6) is 0 Å². The summed E-state index contributed by atoms with van der Waals surface area (Å²) in [7, 11) is 1.85. The fourth-order valence-electron chi connectivity index (χ4n) is 2.21. The van der Waals surface area contributed by atoms with Gasteiger partial charge >= 0.3 is 6.03 Å². The van der Waals surface area contributed by atoms with Crippen molar-refractivity contribution in [1.29, 1.82) is 0 Å². The molecule has 0 bridgehead atoms.